The molecule has 1 fully saturated rings. The van der Waals surface area contributed by atoms with Crippen LogP contribution in [0.4, 0.5) is 0 Å². The molecule has 1 aliphatic rings. The number of aliphatic hydroxyl groups is 2. The first-order valence-corrected chi connectivity index (χ1v) is 32.3. The average molecular weight is 1090 g/mol. The lowest BCUT2D eigenvalue weighted by Gasteiger charge is -2.40. The molecular formula is C65H118O12. The zero-order valence-electron chi connectivity index (χ0n) is 49.7. The third kappa shape index (κ3) is 43.7. The van der Waals surface area contributed by atoms with Crippen molar-refractivity contribution in [3.05, 3.63) is 24.3 Å². The number of carboxylic acids is 1. The Morgan fingerprint density at radius 2 is 0.740 bits per heavy atom. The van der Waals surface area contributed by atoms with Crippen LogP contribution in [0.1, 0.15) is 316 Å². The van der Waals surface area contributed by atoms with Crippen molar-refractivity contribution in [3.8, 4) is 0 Å². The van der Waals surface area contributed by atoms with Gasteiger partial charge in [-0.25, -0.2) is 4.79 Å². The van der Waals surface area contributed by atoms with Gasteiger partial charge in [0, 0.05) is 19.3 Å². The third-order valence-corrected chi connectivity index (χ3v) is 15.0. The number of carbonyl (C=O) groups excluding carboxylic acids is 3. The molecule has 77 heavy (non-hydrogen) atoms. The van der Waals surface area contributed by atoms with Crippen molar-refractivity contribution in [1.82, 2.24) is 0 Å². The number of hydrogen-bond acceptors (Lipinski definition) is 11. The van der Waals surface area contributed by atoms with Gasteiger partial charge >= 0.3 is 23.9 Å². The average Bonchev–Trinajstić information content (AvgIpc) is 3.42. The minimum absolute atomic E-state index is 0.0662. The Bertz CT molecular complexity index is 1430. The van der Waals surface area contributed by atoms with Gasteiger partial charge < -0.3 is 39.0 Å². The summed E-state index contributed by atoms with van der Waals surface area (Å²) >= 11 is 0. The Morgan fingerprint density at radius 3 is 1.12 bits per heavy atom. The van der Waals surface area contributed by atoms with E-state index in [0.717, 1.165) is 77.0 Å². The standard InChI is InChI=1S/C65H118O12/c1-4-7-10-13-16-19-22-25-27-28-29-30-32-34-36-39-42-45-48-51-57(66)73-54-56(75-58(67)52-49-46-43-40-37-33-24-21-18-15-12-9-6-3)55-74-65-63(61(70)60(69)62(77-65)64(71)72)76-59(68)53-50-47-44-41-38-35-31-26-23-20-17-14-11-8-5-2/h21,24-25,27,56,60-63,65,69-70H,4-20,22-23,26,28-55H2,1-3H3,(H,71,72)/b24-21-,27-25-. The normalized spacial score (nSPS) is 18.1. The van der Waals surface area contributed by atoms with Crippen molar-refractivity contribution in [2.75, 3.05) is 13.2 Å². The molecule has 1 rings (SSSR count). The predicted molar refractivity (Wildman–Crippen MR) is 313 cm³/mol. The molecule has 0 aromatic heterocycles. The van der Waals surface area contributed by atoms with Crippen LogP contribution in [0, 0.1) is 0 Å². The number of unbranched alkanes of at least 4 members (excludes halogenated alkanes) is 38. The van der Waals surface area contributed by atoms with Crippen molar-refractivity contribution in [3.63, 3.8) is 0 Å². The molecule has 0 amide bonds. The first kappa shape index (κ1) is 72.2. The fourth-order valence-corrected chi connectivity index (χ4v) is 10.0. The summed E-state index contributed by atoms with van der Waals surface area (Å²) in [6, 6.07) is 0. The molecule has 0 aromatic rings. The smallest absolute Gasteiger partial charge is 0.335 e. The van der Waals surface area contributed by atoms with Crippen LogP contribution < -0.4 is 0 Å². The molecule has 6 unspecified atom stereocenters. The largest absolute Gasteiger partial charge is 0.479 e. The van der Waals surface area contributed by atoms with Crippen LogP contribution in [0.25, 0.3) is 0 Å². The molecule has 450 valence electrons. The quantitative estimate of drug-likeness (QED) is 0.0228. The summed E-state index contributed by atoms with van der Waals surface area (Å²) in [4.78, 5) is 51.2. The molecule has 6 atom stereocenters. The molecule has 0 radical (unpaired) electrons. The lowest BCUT2D eigenvalue weighted by atomic mass is 9.98. The second-order valence-corrected chi connectivity index (χ2v) is 22.4. The van der Waals surface area contributed by atoms with Gasteiger partial charge in [-0.1, -0.05) is 251 Å². The Kier molecular flexibility index (Phi) is 50.5. The molecule has 1 heterocycles. The van der Waals surface area contributed by atoms with E-state index < -0.39 is 67.3 Å². The number of hydrogen-bond donors (Lipinski definition) is 3. The second kappa shape index (κ2) is 53.8. The number of esters is 3. The molecule has 12 heteroatoms. The number of rotatable bonds is 56. The van der Waals surface area contributed by atoms with E-state index in [4.69, 9.17) is 23.7 Å². The van der Waals surface area contributed by atoms with Crippen molar-refractivity contribution in [2.24, 2.45) is 0 Å². The van der Waals surface area contributed by atoms with Gasteiger partial charge in [0.05, 0.1) is 6.61 Å². The lowest BCUT2D eigenvalue weighted by Crippen LogP contribution is -2.61. The van der Waals surface area contributed by atoms with E-state index >= 15 is 0 Å². The van der Waals surface area contributed by atoms with Crippen molar-refractivity contribution in [1.29, 1.82) is 0 Å². The minimum atomic E-state index is -1.90. The molecule has 0 bridgehead atoms. The van der Waals surface area contributed by atoms with E-state index in [1.807, 2.05) is 0 Å². The van der Waals surface area contributed by atoms with Crippen molar-refractivity contribution in [2.45, 2.75) is 353 Å². The molecule has 0 saturated carbocycles. The van der Waals surface area contributed by atoms with Crippen LogP contribution in [-0.2, 0) is 42.9 Å². The van der Waals surface area contributed by atoms with E-state index in [1.54, 1.807) is 0 Å². The fraction of sp³-hybridized carbons (Fsp3) is 0.877. The van der Waals surface area contributed by atoms with E-state index in [-0.39, 0.29) is 25.9 Å². The molecule has 3 N–H and O–H groups in total. The number of aliphatic carboxylic acids is 1. The summed E-state index contributed by atoms with van der Waals surface area (Å²) in [7, 11) is 0. The summed E-state index contributed by atoms with van der Waals surface area (Å²) in [5.74, 6) is -3.10. The second-order valence-electron chi connectivity index (χ2n) is 22.4. The van der Waals surface area contributed by atoms with Gasteiger partial charge in [0.2, 0.25) is 0 Å². The summed E-state index contributed by atoms with van der Waals surface area (Å²) in [5, 5.41) is 31.5. The van der Waals surface area contributed by atoms with E-state index in [1.165, 1.54) is 180 Å². The molecule has 12 nitrogen and oxygen atoms in total. The van der Waals surface area contributed by atoms with E-state index in [9.17, 15) is 34.5 Å². The van der Waals surface area contributed by atoms with Crippen LogP contribution >= 0.6 is 0 Å². The monoisotopic (exact) mass is 1090 g/mol. The number of ether oxygens (including phenoxy) is 5. The van der Waals surface area contributed by atoms with Gasteiger partial charge in [-0.15, -0.1) is 0 Å². The first-order chi connectivity index (χ1) is 37.6. The Hall–Kier alpha value is -2.80. The Balaban J connectivity index is 2.63. The number of carbonyl (C=O) groups is 4. The van der Waals surface area contributed by atoms with Crippen molar-refractivity contribution < 1.29 is 58.2 Å². The molecule has 1 aliphatic heterocycles. The maximum atomic E-state index is 13.2. The third-order valence-electron chi connectivity index (χ3n) is 15.0. The first-order valence-electron chi connectivity index (χ1n) is 32.3. The topological polar surface area (TPSA) is 175 Å². The van der Waals surface area contributed by atoms with Gasteiger partial charge in [-0.05, 0) is 70.6 Å². The summed E-state index contributed by atoms with van der Waals surface area (Å²) < 4.78 is 28.5. The van der Waals surface area contributed by atoms with Gasteiger partial charge in [-0.3, -0.25) is 14.4 Å². The fourth-order valence-electron chi connectivity index (χ4n) is 10.0. The molecular weight excluding hydrogens is 973 g/mol. The van der Waals surface area contributed by atoms with Gasteiger partial charge in [0.15, 0.2) is 24.6 Å². The molecule has 0 aromatic carbocycles. The zero-order chi connectivity index (χ0) is 56.1. The number of carboxylic acid groups (broad SMARTS) is 1. The maximum Gasteiger partial charge on any atom is 0.335 e. The van der Waals surface area contributed by atoms with Gasteiger partial charge in [0.25, 0.3) is 0 Å². The Labute approximate surface area is 470 Å². The highest BCUT2D eigenvalue weighted by Gasteiger charge is 2.50. The number of allylic oxidation sites excluding steroid dienone is 4. The summed E-state index contributed by atoms with van der Waals surface area (Å²) in [5.41, 5.74) is 0. The van der Waals surface area contributed by atoms with Crippen LogP contribution in [0.2, 0.25) is 0 Å². The highest BCUT2D eigenvalue weighted by Crippen LogP contribution is 2.27. The minimum Gasteiger partial charge on any atom is -0.479 e. The molecule has 1 saturated heterocycles. The maximum absolute atomic E-state index is 13.2. The van der Waals surface area contributed by atoms with E-state index in [2.05, 4.69) is 45.1 Å². The lowest BCUT2D eigenvalue weighted by molar-refractivity contribution is -0.301. The van der Waals surface area contributed by atoms with Gasteiger partial charge in [-0.2, -0.15) is 0 Å². The zero-order valence-corrected chi connectivity index (χ0v) is 49.7. The summed E-state index contributed by atoms with van der Waals surface area (Å²) in [6.07, 6.45) is 50.0. The molecule has 0 aliphatic carbocycles. The predicted octanol–water partition coefficient (Wildman–Crippen LogP) is 17.0. The van der Waals surface area contributed by atoms with Crippen LogP contribution in [0.5, 0.6) is 0 Å². The molecule has 0 spiro atoms. The van der Waals surface area contributed by atoms with Gasteiger partial charge in [0.1, 0.15) is 18.8 Å². The number of aliphatic hydroxyl groups excluding tert-OH is 2. The van der Waals surface area contributed by atoms with Crippen LogP contribution in [0.3, 0.4) is 0 Å². The van der Waals surface area contributed by atoms with E-state index in [0.29, 0.717) is 19.3 Å². The summed E-state index contributed by atoms with van der Waals surface area (Å²) in [6.45, 7) is 6.01. The van der Waals surface area contributed by atoms with Crippen LogP contribution in [-0.4, -0.2) is 89.2 Å². The Morgan fingerprint density at radius 1 is 0.416 bits per heavy atom. The highest BCUT2D eigenvalue weighted by atomic mass is 16.7. The highest BCUT2D eigenvalue weighted by molar-refractivity contribution is 5.74. The van der Waals surface area contributed by atoms with Crippen molar-refractivity contribution >= 4 is 23.9 Å². The SMILES string of the molecule is CCCCCC/C=C\CCCCCCCC(=O)OC(COC(=O)CCCCCCCCCCC/C=C\CCCCCCCC)COC1OC(C(=O)O)C(O)C(O)C1OC(=O)CCCCCCCCCCCCCCCCC. The van der Waals surface area contributed by atoms with Crippen LogP contribution in [0.15, 0.2) is 24.3 Å².